The van der Waals surface area contributed by atoms with E-state index in [-0.39, 0.29) is 10.8 Å². The van der Waals surface area contributed by atoms with Gasteiger partial charge in [-0.3, -0.25) is 9.69 Å². The lowest BCUT2D eigenvalue weighted by Gasteiger charge is -2.26. The molecule has 0 bridgehead atoms. The van der Waals surface area contributed by atoms with Gasteiger partial charge in [-0.25, -0.2) is 8.42 Å². The lowest BCUT2D eigenvalue weighted by atomic mass is 10.2. The third-order valence-electron chi connectivity index (χ3n) is 5.37. The fourth-order valence-corrected chi connectivity index (χ4v) is 4.92. The molecule has 1 aliphatic carbocycles. The first-order valence-electron chi connectivity index (χ1n) is 10.2. The Bertz CT molecular complexity index is 934. The Hall–Kier alpha value is -2.20. The smallest absolute Gasteiger partial charge is 0.243 e. The number of nitrogens with zero attached hydrogens (tertiary/aromatic N) is 2. The molecule has 2 heterocycles. The molecule has 1 amide bonds. The van der Waals surface area contributed by atoms with Crippen molar-refractivity contribution in [2.75, 3.05) is 32.8 Å². The summed E-state index contributed by atoms with van der Waals surface area (Å²) in [5, 5.41) is 2.93. The van der Waals surface area contributed by atoms with Crippen molar-refractivity contribution in [3.05, 3.63) is 54.0 Å². The minimum Gasteiger partial charge on any atom is -0.468 e. The highest BCUT2D eigenvalue weighted by molar-refractivity contribution is 7.89. The zero-order valence-electron chi connectivity index (χ0n) is 16.8. The number of hydrogen-bond donors (Lipinski definition) is 1. The summed E-state index contributed by atoms with van der Waals surface area (Å²) in [6.45, 7) is 2.87. The van der Waals surface area contributed by atoms with Gasteiger partial charge in [0.15, 0.2) is 0 Å². The summed E-state index contributed by atoms with van der Waals surface area (Å²) >= 11 is 0. The molecule has 30 heavy (non-hydrogen) atoms. The molecule has 2 aliphatic rings. The number of amides is 1. The van der Waals surface area contributed by atoms with Crippen LogP contribution in [-0.4, -0.2) is 62.4 Å². The summed E-state index contributed by atoms with van der Waals surface area (Å²) in [7, 11) is -3.50. The van der Waals surface area contributed by atoms with E-state index in [1.807, 2.05) is 12.1 Å². The summed E-state index contributed by atoms with van der Waals surface area (Å²) in [6, 6.07) is 10.9. The second-order valence-corrected chi connectivity index (χ2v) is 9.59. The molecule has 1 saturated heterocycles. The van der Waals surface area contributed by atoms with Crippen LogP contribution in [0.25, 0.3) is 0 Å². The predicted molar refractivity (Wildman–Crippen MR) is 110 cm³/mol. The summed E-state index contributed by atoms with van der Waals surface area (Å²) in [4.78, 5) is 14.8. The average Bonchev–Trinajstić information content (AvgIpc) is 3.49. The monoisotopic (exact) mass is 433 g/mol. The number of furan rings is 1. The Kier molecular flexibility index (Phi) is 6.52. The summed E-state index contributed by atoms with van der Waals surface area (Å²) in [5.41, 5.74) is 0.855. The van der Waals surface area contributed by atoms with Gasteiger partial charge in [0.1, 0.15) is 5.76 Å². The van der Waals surface area contributed by atoms with E-state index in [9.17, 15) is 13.2 Å². The topological polar surface area (TPSA) is 92.1 Å². The molecule has 1 aromatic heterocycles. The van der Waals surface area contributed by atoms with Crippen LogP contribution in [0, 0.1) is 0 Å². The third-order valence-corrected chi connectivity index (χ3v) is 7.28. The normalized spacial score (nSPS) is 17.9. The number of sulfonamides is 1. The molecule has 0 radical (unpaired) electrons. The fraction of sp³-hybridized carbons (Fsp3) is 0.476. The van der Waals surface area contributed by atoms with E-state index >= 15 is 0 Å². The van der Waals surface area contributed by atoms with Gasteiger partial charge >= 0.3 is 0 Å². The third kappa shape index (κ3) is 5.28. The molecule has 0 unspecified atom stereocenters. The number of carbonyl (C=O) groups is 1. The molecule has 1 aliphatic heterocycles. The van der Waals surface area contributed by atoms with E-state index in [0.717, 1.165) is 24.2 Å². The highest BCUT2D eigenvalue weighted by atomic mass is 32.2. The van der Waals surface area contributed by atoms with Gasteiger partial charge in [0.25, 0.3) is 0 Å². The van der Waals surface area contributed by atoms with Crippen LogP contribution in [0.4, 0.5) is 0 Å². The van der Waals surface area contributed by atoms with Gasteiger partial charge in [0.05, 0.1) is 37.5 Å². The van der Waals surface area contributed by atoms with E-state index in [4.69, 9.17) is 9.15 Å². The number of benzene rings is 1. The predicted octanol–water partition coefficient (Wildman–Crippen LogP) is 1.58. The number of morpholine rings is 1. The SMILES string of the molecule is O=C(CN(Cc1ccco1)C1CC1)NCc1ccc(S(=O)(=O)N2CCOCC2)cc1. The molecule has 8 nitrogen and oxygen atoms in total. The molecule has 162 valence electrons. The Balaban J connectivity index is 1.29. The lowest BCUT2D eigenvalue weighted by molar-refractivity contribution is -0.122. The second kappa shape index (κ2) is 9.30. The van der Waals surface area contributed by atoms with Crippen LogP contribution >= 0.6 is 0 Å². The molecule has 0 spiro atoms. The maximum atomic E-state index is 12.7. The number of nitrogens with one attached hydrogen (secondary N) is 1. The molecular weight excluding hydrogens is 406 g/mol. The standard InChI is InChI=1S/C21H27N3O5S/c25-21(16-23(18-5-6-18)15-19-2-1-11-29-19)22-14-17-3-7-20(8-4-17)30(26,27)24-9-12-28-13-10-24/h1-4,7-8,11,18H,5-6,9-10,12-16H2,(H,22,25). The summed E-state index contributed by atoms with van der Waals surface area (Å²) in [5.74, 6) is 0.797. The van der Waals surface area contributed by atoms with Crippen LogP contribution in [0.5, 0.6) is 0 Å². The van der Waals surface area contributed by atoms with E-state index in [1.165, 1.54) is 4.31 Å². The molecular formula is C21H27N3O5S. The van der Waals surface area contributed by atoms with E-state index in [2.05, 4.69) is 10.2 Å². The Morgan fingerprint density at radius 2 is 1.87 bits per heavy atom. The average molecular weight is 434 g/mol. The van der Waals surface area contributed by atoms with Gasteiger partial charge in [-0.1, -0.05) is 12.1 Å². The molecule has 1 N–H and O–H groups in total. The Labute approximate surface area is 176 Å². The van der Waals surface area contributed by atoms with Crippen molar-refractivity contribution in [2.45, 2.75) is 36.9 Å². The van der Waals surface area contributed by atoms with E-state index in [0.29, 0.717) is 52.0 Å². The van der Waals surface area contributed by atoms with Crippen molar-refractivity contribution in [3.63, 3.8) is 0 Å². The van der Waals surface area contributed by atoms with Gasteiger partial charge in [-0.2, -0.15) is 4.31 Å². The molecule has 9 heteroatoms. The van der Waals surface area contributed by atoms with Gasteiger partial charge in [-0.15, -0.1) is 0 Å². The van der Waals surface area contributed by atoms with E-state index < -0.39 is 10.0 Å². The van der Waals surface area contributed by atoms with Gasteiger partial charge in [-0.05, 0) is 42.7 Å². The highest BCUT2D eigenvalue weighted by Gasteiger charge is 2.31. The maximum Gasteiger partial charge on any atom is 0.243 e. The van der Waals surface area contributed by atoms with Gasteiger partial charge in [0.2, 0.25) is 15.9 Å². The Morgan fingerprint density at radius 3 is 2.50 bits per heavy atom. The van der Waals surface area contributed by atoms with Crippen LogP contribution in [0.1, 0.15) is 24.2 Å². The van der Waals surface area contributed by atoms with Crippen molar-refractivity contribution >= 4 is 15.9 Å². The highest BCUT2D eigenvalue weighted by Crippen LogP contribution is 2.28. The first-order valence-corrected chi connectivity index (χ1v) is 11.7. The van der Waals surface area contributed by atoms with Crippen LogP contribution in [-0.2, 0) is 32.6 Å². The Morgan fingerprint density at radius 1 is 1.13 bits per heavy atom. The molecule has 1 aromatic carbocycles. The van der Waals surface area contributed by atoms with Crippen LogP contribution in [0.3, 0.4) is 0 Å². The zero-order chi connectivity index (χ0) is 21.0. The number of hydrogen-bond acceptors (Lipinski definition) is 6. The van der Waals surface area contributed by atoms with Gasteiger partial charge in [0, 0.05) is 25.7 Å². The number of ether oxygens (including phenoxy) is 1. The van der Waals surface area contributed by atoms with Gasteiger partial charge < -0.3 is 14.5 Å². The second-order valence-electron chi connectivity index (χ2n) is 7.65. The largest absolute Gasteiger partial charge is 0.468 e. The van der Waals surface area contributed by atoms with Crippen molar-refractivity contribution in [3.8, 4) is 0 Å². The first kappa shape index (κ1) is 21.0. The van der Waals surface area contributed by atoms with Crippen LogP contribution in [0.2, 0.25) is 0 Å². The lowest BCUT2D eigenvalue weighted by Crippen LogP contribution is -2.40. The minimum absolute atomic E-state index is 0.0570. The molecule has 4 rings (SSSR count). The van der Waals surface area contributed by atoms with Crippen molar-refractivity contribution in [1.29, 1.82) is 0 Å². The quantitative estimate of drug-likeness (QED) is 0.646. The van der Waals surface area contributed by atoms with E-state index in [1.54, 1.807) is 30.5 Å². The fourth-order valence-electron chi connectivity index (χ4n) is 3.51. The molecule has 2 aromatic rings. The summed E-state index contributed by atoms with van der Waals surface area (Å²) in [6.07, 6.45) is 3.85. The van der Waals surface area contributed by atoms with Crippen LogP contribution < -0.4 is 5.32 Å². The number of rotatable bonds is 9. The number of carbonyl (C=O) groups excluding carboxylic acids is 1. The van der Waals surface area contributed by atoms with Crippen molar-refractivity contribution in [1.82, 2.24) is 14.5 Å². The molecule has 0 atom stereocenters. The van der Waals surface area contributed by atoms with Crippen molar-refractivity contribution < 1.29 is 22.4 Å². The first-order chi connectivity index (χ1) is 14.5. The maximum absolute atomic E-state index is 12.7. The zero-order valence-corrected chi connectivity index (χ0v) is 17.6. The van der Waals surface area contributed by atoms with Crippen molar-refractivity contribution in [2.24, 2.45) is 0 Å². The molecule has 2 fully saturated rings. The van der Waals surface area contributed by atoms with Crippen LogP contribution in [0.15, 0.2) is 52.0 Å². The summed E-state index contributed by atoms with van der Waals surface area (Å²) < 4.78 is 37.4. The minimum atomic E-state index is -3.50. The molecule has 1 saturated carbocycles.